The first kappa shape index (κ1) is 22.1. The fraction of sp³-hybridized carbons (Fsp3) is 0.375. The van der Waals surface area contributed by atoms with Gasteiger partial charge in [0.15, 0.2) is 0 Å². The molecule has 4 rings (SSSR count). The molecule has 1 unspecified atom stereocenters. The lowest BCUT2D eigenvalue weighted by Crippen LogP contribution is -2.49. The summed E-state index contributed by atoms with van der Waals surface area (Å²) in [7, 11) is 0. The molecule has 0 aliphatic carbocycles. The molecule has 0 bridgehead atoms. The maximum Gasteiger partial charge on any atom is 0.257 e. The number of benzene rings is 2. The van der Waals surface area contributed by atoms with E-state index in [0.29, 0.717) is 37.6 Å². The molecule has 3 amide bonds. The highest BCUT2D eigenvalue weighted by molar-refractivity contribution is 6.23. The highest BCUT2D eigenvalue weighted by Crippen LogP contribution is 2.27. The lowest BCUT2D eigenvalue weighted by Gasteiger charge is -2.32. The Morgan fingerprint density at radius 2 is 1.72 bits per heavy atom. The molecule has 1 atom stereocenters. The van der Waals surface area contributed by atoms with Crippen molar-refractivity contribution < 1.29 is 23.5 Å². The quantitative estimate of drug-likeness (QED) is 0.646. The summed E-state index contributed by atoms with van der Waals surface area (Å²) in [5.41, 5.74) is 1.80. The number of imide groups is 1. The van der Waals surface area contributed by atoms with Gasteiger partial charge in [-0.05, 0) is 43.3 Å². The van der Waals surface area contributed by atoms with Gasteiger partial charge in [0.2, 0.25) is 5.91 Å². The molecule has 0 aromatic heterocycles. The van der Waals surface area contributed by atoms with Crippen molar-refractivity contribution in [2.75, 3.05) is 44.3 Å². The van der Waals surface area contributed by atoms with Crippen LogP contribution in [-0.2, 0) is 14.3 Å². The standard InChI is InChI=1S/C24H26FN3O4/c1-17-2-4-18(5-3-17)23(30)27(11-10-26-12-14-32-15-13-26)21-16-22(29)28(24(21)31)20-8-6-19(25)7-9-20/h2-9,21H,10-16H2,1H3. The Bertz CT molecular complexity index is 987. The van der Waals surface area contributed by atoms with Crippen molar-refractivity contribution >= 4 is 23.4 Å². The second kappa shape index (κ2) is 9.58. The average Bonchev–Trinajstić information content (AvgIpc) is 3.09. The van der Waals surface area contributed by atoms with Crippen LogP contribution in [0.2, 0.25) is 0 Å². The molecule has 2 aliphatic rings. The van der Waals surface area contributed by atoms with E-state index in [1.54, 1.807) is 12.1 Å². The van der Waals surface area contributed by atoms with Crippen molar-refractivity contribution in [3.63, 3.8) is 0 Å². The van der Waals surface area contributed by atoms with Gasteiger partial charge in [0.1, 0.15) is 11.9 Å². The van der Waals surface area contributed by atoms with Crippen LogP contribution in [0.25, 0.3) is 0 Å². The summed E-state index contributed by atoms with van der Waals surface area (Å²) in [4.78, 5) is 44.1. The summed E-state index contributed by atoms with van der Waals surface area (Å²) < 4.78 is 18.7. The van der Waals surface area contributed by atoms with Gasteiger partial charge in [-0.3, -0.25) is 19.3 Å². The van der Waals surface area contributed by atoms with E-state index in [1.165, 1.54) is 29.2 Å². The Balaban J connectivity index is 1.58. The van der Waals surface area contributed by atoms with Gasteiger partial charge in [-0.1, -0.05) is 17.7 Å². The van der Waals surface area contributed by atoms with Gasteiger partial charge in [-0.15, -0.1) is 0 Å². The molecular weight excluding hydrogens is 413 g/mol. The number of aryl methyl sites for hydroxylation is 1. The Morgan fingerprint density at radius 1 is 1.06 bits per heavy atom. The van der Waals surface area contributed by atoms with Gasteiger partial charge in [0, 0.05) is 31.7 Å². The summed E-state index contributed by atoms with van der Waals surface area (Å²) in [5.74, 6) is -1.61. The third kappa shape index (κ3) is 4.71. The minimum Gasteiger partial charge on any atom is -0.379 e. The van der Waals surface area contributed by atoms with Crippen molar-refractivity contribution in [2.45, 2.75) is 19.4 Å². The van der Waals surface area contributed by atoms with Crippen LogP contribution in [0.5, 0.6) is 0 Å². The largest absolute Gasteiger partial charge is 0.379 e. The van der Waals surface area contributed by atoms with Gasteiger partial charge >= 0.3 is 0 Å². The van der Waals surface area contributed by atoms with Crippen LogP contribution in [0.15, 0.2) is 48.5 Å². The number of carbonyl (C=O) groups is 3. The number of rotatable bonds is 6. The number of hydrogen-bond acceptors (Lipinski definition) is 5. The summed E-state index contributed by atoms with van der Waals surface area (Å²) in [5, 5.41) is 0. The molecule has 0 N–H and O–H groups in total. The molecular formula is C24H26FN3O4. The monoisotopic (exact) mass is 439 g/mol. The molecule has 0 saturated carbocycles. The van der Waals surface area contributed by atoms with Crippen LogP contribution in [0.4, 0.5) is 10.1 Å². The number of amides is 3. The lowest BCUT2D eigenvalue weighted by atomic mass is 10.1. The molecule has 2 aliphatic heterocycles. The molecule has 7 nitrogen and oxygen atoms in total. The molecule has 0 radical (unpaired) electrons. The Hall–Kier alpha value is -3.10. The summed E-state index contributed by atoms with van der Waals surface area (Å²) in [6.45, 7) is 5.60. The molecule has 0 spiro atoms. The molecule has 8 heteroatoms. The van der Waals surface area contributed by atoms with E-state index >= 15 is 0 Å². The lowest BCUT2D eigenvalue weighted by molar-refractivity contribution is -0.122. The van der Waals surface area contributed by atoms with E-state index in [0.717, 1.165) is 23.6 Å². The number of carbonyl (C=O) groups excluding carboxylic acids is 3. The van der Waals surface area contributed by atoms with Gasteiger partial charge < -0.3 is 9.64 Å². The van der Waals surface area contributed by atoms with Gasteiger partial charge in [0.05, 0.1) is 25.3 Å². The first-order chi connectivity index (χ1) is 15.4. The van der Waals surface area contributed by atoms with E-state index in [9.17, 15) is 18.8 Å². The molecule has 2 fully saturated rings. The zero-order valence-corrected chi connectivity index (χ0v) is 18.0. The smallest absolute Gasteiger partial charge is 0.257 e. The SMILES string of the molecule is Cc1ccc(C(=O)N(CCN2CCOCC2)C2CC(=O)N(c3ccc(F)cc3)C2=O)cc1. The van der Waals surface area contributed by atoms with Crippen LogP contribution >= 0.6 is 0 Å². The minimum atomic E-state index is -0.901. The van der Waals surface area contributed by atoms with Crippen LogP contribution in [0.1, 0.15) is 22.3 Å². The summed E-state index contributed by atoms with van der Waals surface area (Å²) >= 11 is 0. The second-order valence-electron chi connectivity index (χ2n) is 8.08. The van der Waals surface area contributed by atoms with E-state index in [4.69, 9.17) is 4.74 Å². The molecule has 2 saturated heterocycles. The average molecular weight is 439 g/mol. The van der Waals surface area contributed by atoms with Crippen molar-refractivity contribution in [1.29, 1.82) is 0 Å². The van der Waals surface area contributed by atoms with Crippen LogP contribution in [0, 0.1) is 12.7 Å². The number of halogens is 1. The third-order valence-corrected chi connectivity index (χ3v) is 5.90. The Labute approximate surface area is 186 Å². The van der Waals surface area contributed by atoms with Crippen LogP contribution < -0.4 is 4.90 Å². The highest BCUT2D eigenvalue weighted by atomic mass is 19.1. The second-order valence-corrected chi connectivity index (χ2v) is 8.08. The topological polar surface area (TPSA) is 70.2 Å². The molecule has 168 valence electrons. The number of morpholine rings is 1. The van der Waals surface area contributed by atoms with E-state index in [2.05, 4.69) is 4.90 Å². The van der Waals surface area contributed by atoms with E-state index in [1.807, 2.05) is 19.1 Å². The fourth-order valence-corrected chi connectivity index (χ4v) is 4.06. The maximum absolute atomic E-state index is 13.4. The van der Waals surface area contributed by atoms with Crippen LogP contribution in [0.3, 0.4) is 0 Å². The predicted molar refractivity (Wildman–Crippen MR) is 117 cm³/mol. The number of hydrogen-bond donors (Lipinski definition) is 0. The summed E-state index contributed by atoms with van der Waals surface area (Å²) in [6.07, 6.45) is -0.100. The van der Waals surface area contributed by atoms with Gasteiger partial charge in [-0.2, -0.15) is 0 Å². The third-order valence-electron chi connectivity index (χ3n) is 5.90. The molecule has 2 aromatic rings. The predicted octanol–water partition coefficient (Wildman–Crippen LogP) is 2.24. The Kier molecular flexibility index (Phi) is 6.62. The maximum atomic E-state index is 13.4. The normalized spacial score (nSPS) is 19.4. The molecule has 2 heterocycles. The van der Waals surface area contributed by atoms with Crippen molar-refractivity contribution in [3.05, 3.63) is 65.5 Å². The van der Waals surface area contributed by atoms with E-state index < -0.39 is 23.7 Å². The zero-order valence-electron chi connectivity index (χ0n) is 18.0. The van der Waals surface area contributed by atoms with E-state index in [-0.39, 0.29) is 12.3 Å². The van der Waals surface area contributed by atoms with Gasteiger partial charge in [-0.25, -0.2) is 9.29 Å². The molecule has 2 aromatic carbocycles. The highest BCUT2D eigenvalue weighted by Gasteiger charge is 2.44. The van der Waals surface area contributed by atoms with Crippen LogP contribution in [-0.4, -0.2) is 73.0 Å². The first-order valence-electron chi connectivity index (χ1n) is 10.7. The number of anilines is 1. The minimum absolute atomic E-state index is 0.100. The first-order valence-corrected chi connectivity index (χ1v) is 10.7. The van der Waals surface area contributed by atoms with Crippen molar-refractivity contribution in [3.8, 4) is 0 Å². The van der Waals surface area contributed by atoms with Crippen molar-refractivity contribution in [1.82, 2.24) is 9.80 Å². The molecule has 32 heavy (non-hydrogen) atoms. The number of nitrogens with zero attached hydrogens (tertiary/aromatic N) is 3. The fourth-order valence-electron chi connectivity index (χ4n) is 4.06. The number of ether oxygens (including phenoxy) is 1. The van der Waals surface area contributed by atoms with Gasteiger partial charge in [0.25, 0.3) is 11.8 Å². The summed E-state index contributed by atoms with van der Waals surface area (Å²) in [6, 6.07) is 11.5. The Morgan fingerprint density at radius 3 is 2.38 bits per heavy atom. The van der Waals surface area contributed by atoms with Crippen molar-refractivity contribution in [2.24, 2.45) is 0 Å². The zero-order chi connectivity index (χ0) is 22.7.